The maximum Gasteiger partial charge on any atom is 0.485 e. The van der Waals surface area contributed by atoms with E-state index in [9.17, 15) is 18.0 Å². The summed E-state index contributed by atoms with van der Waals surface area (Å²) in [4.78, 5) is 17.2. The van der Waals surface area contributed by atoms with Crippen LogP contribution in [0, 0.1) is 21.0 Å². The number of alkyl halides is 3. The van der Waals surface area contributed by atoms with Crippen molar-refractivity contribution in [3.8, 4) is 0 Å². The van der Waals surface area contributed by atoms with Crippen LogP contribution in [-0.2, 0) is 10.1 Å². The predicted octanol–water partition coefficient (Wildman–Crippen LogP) is 2.35. The van der Waals surface area contributed by atoms with Gasteiger partial charge in [0.05, 0.1) is 10.2 Å². The summed E-state index contributed by atoms with van der Waals surface area (Å²) in [5.74, 6) is -0.111. The maximum atomic E-state index is 12.7. The number of amides is 1. The molecule has 4 aromatic rings. The van der Waals surface area contributed by atoms with Gasteiger partial charge in [0.1, 0.15) is 0 Å². The van der Waals surface area contributed by atoms with Gasteiger partial charge in [0.15, 0.2) is 22.4 Å². The Bertz CT molecular complexity index is 1450. The van der Waals surface area contributed by atoms with Gasteiger partial charge in [-0.2, -0.15) is 13.2 Å². The van der Waals surface area contributed by atoms with Crippen LogP contribution >= 0.6 is 11.3 Å². The SMILES string of the molecule is Cc1ccc([I+]c2cccc(C(=O)Nc3nc4ccc(C)cc4s3)c2)cc1.O=S(=O)([O-])C(F)(F)F. The number of rotatable bonds is 4. The first-order valence-corrected chi connectivity index (χ1v) is 14.2. The summed E-state index contributed by atoms with van der Waals surface area (Å²) < 4.78 is 62.6. The highest BCUT2D eigenvalue weighted by Crippen LogP contribution is 2.27. The monoisotopic (exact) mass is 634 g/mol. The van der Waals surface area contributed by atoms with Crippen molar-refractivity contribution in [1.29, 1.82) is 0 Å². The van der Waals surface area contributed by atoms with E-state index >= 15 is 0 Å². The van der Waals surface area contributed by atoms with Gasteiger partial charge in [-0.15, -0.1) is 0 Å². The molecule has 1 aromatic heterocycles. The number of aromatic nitrogens is 1. The molecule has 1 N–H and O–H groups in total. The highest BCUT2D eigenvalue weighted by atomic mass is 127. The molecule has 12 heteroatoms. The van der Waals surface area contributed by atoms with Crippen molar-refractivity contribution < 1.29 is 52.1 Å². The number of carbonyl (C=O) groups excluding carboxylic acids is 1. The van der Waals surface area contributed by atoms with Crippen LogP contribution in [0.5, 0.6) is 0 Å². The van der Waals surface area contributed by atoms with E-state index in [0.717, 1.165) is 10.2 Å². The second-order valence-electron chi connectivity index (χ2n) is 7.24. The molecule has 0 unspecified atom stereocenters. The van der Waals surface area contributed by atoms with Crippen molar-refractivity contribution in [2.24, 2.45) is 0 Å². The maximum absolute atomic E-state index is 12.7. The summed E-state index contributed by atoms with van der Waals surface area (Å²) in [6.07, 6.45) is 0. The number of anilines is 1. The second-order valence-corrected chi connectivity index (χ2v) is 12.7. The lowest BCUT2D eigenvalue weighted by atomic mass is 10.2. The third kappa shape index (κ3) is 7.72. The van der Waals surface area contributed by atoms with Crippen LogP contribution in [0.3, 0.4) is 0 Å². The number of halogens is 4. The van der Waals surface area contributed by atoms with Crippen LogP contribution in [-0.4, -0.2) is 29.4 Å². The van der Waals surface area contributed by atoms with Crippen LogP contribution in [0.4, 0.5) is 18.3 Å². The highest BCUT2D eigenvalue weighted by Gasteiger charge is 2.36. The smallest absolute Gasteiger partial charge is 0.485 e. The first-order valence-electron chi connectivity index (χ1n) is 9.84. The summed E-state index contributed by atoms with van der Waals surface area (Å²) in [5, 5.41) is 3.58. The molecule has 184 valence electrons. The normalized spacial score (nSPS) is 11.6. The van der Waals surface area contributed by atoms with Crippen molar-refractivity contribution in [3.63, 3.8) is 0 Å². The van der Waals surface area contributed by atoms with E-state index in [1.807, 2.05) is 30.3 Å². The fraction of sp³-hybridized carbons (Fsp3) is 0.130. The average Bonchev–Trinajstić information content (AvgIpc) is 3.16. The van der Waals surface area contributed by atoms with E-state index in [-0.39, 0.29) is 27.1 Å². The summed E-state index contributed by atoms with van der Waals surface area (Å²) in [7, 11) is -6.09. The second kappa shape index (κ2) is 11.0. The summed E-state index contributed by atoms with van der Waals surface area (Å²) in [5.41, 5.74) is -1.60. The molecule has 1 amide bonds. The minimum Gasteiger partial charge on any atom is -0.741 e. The number of aryl methyl sites for hydroxylation is 2. The number of nitrogens with zero attached hydrogens (tertiary/aromatic N) is 1. The minimum absolute atomic E-state index is 0.111. The Labute approximate surface area is 214 Å². The molecule has 6 nitrogen and oxygen atoms in total. The molecular weight excluding hydrogens is 616 g/mol. The molecule has 0 spiro atoms. The van der Waals surface area contributed by atoms with E-state index in [1.54, 1.807) is 0 Å². The number of fused-ring (bicyclic) bond motifs is 1. The third-order valence-electron chi connectivity index (χ3n) is 4.36. The van der Waals surface area contributed by atoms with Crippen LogP contribution in [0.15, 0.2) is 66.7 Å². The van der Waals surface area contributed by atoms with Gasteiger partial charge in [0.25, 0.3) is 5.91 Å². The zero-order valence-electron chi connectivity index (χ0n) is 18.3. The third-order valence-corrected chi connectivity index (χ3v) is 8.50. The molecule has 0 aliphatic heterocycles. The van der Waals surface area contributed by atoms with Gasteiger partial charge in [-0.25, -0.2) is 13.4 Å². The van der Waals surface area contributed by atoms with Gasteiger partial charge in [0.2, 0.25) is 0 Å². The van der Waals surface area contributed by atoms with Crippen molar-refractivity contribution in [2.75, 3.05) is 5.32 Å². The number of nitrogens with one attached hydrogen (secondary N) is 1. The molecule has 4 rings (SSSR count). The van der Waals surface area contributed by atoms with Crippen LogP contribution in [0.2, 0.25) is 0 Å². The van der Waals surface area contributed by atoms with E-state index < -0.39 is 15.6 Å². The fourth-order valence-electron chi connectivity index (χ4n) is 2.67. The topological polar surface area (TPSA) is 99.2 Å². The van der Waals surface area contributed by atoms with E-state index in [0.29, 0.717) is 10.7 Å². The molecule has 0 atom stereocenters. The molecule has 1 heterocycles. The van der Waals surface area contributed by atoms with E-state index in [2.05, 4.69) is 60.5 Å². The molecule has 0 fully saturated rings. The zero-order valence-corrected chi connectivity index (χ0v) is 22.0. The molecule has 0 radical (unpaired) electrons. The Kier molecular flexibility index (Phi) is 8.51. The number of hydrogen-bond donors (Lipinski definition) is 1. The van der Waals surface area contributed by atoms with Gasteiger partial charge >= 0.3 is 26.7 Å². The average molecular weight is 634 g/mol. The largest absolute Gasteiger partial charge is 0.741 e. The highest BCUT2D eigenvalue weighted by molar-refractivity contribution is 7.86. The summed E-state index contributed by atoms with van der Waals surface area (Å²) in [6, 6.07) is 22.7. The van der Waals surface area contributed by atoms with Gasteiger partial charge in [-0.3, -0.25) is 10.1 Å². The molecule has 35 heavy (non-hydrogen) atoms. The molecule has 0 saturated carbocycles. The van der Waals surface area contributed by atoms with Crippen molar-refractivity contribution in [3.05, 3.63) is 90.6 Å². The Hall–Kier alpha value is -2.55. The first kappa shape index (κ1) is 27.0. The number of hydrogen-bond acceptors (Lipinski definition) is 6. The Morgan fingerprint density at radius 2 is 1.60 bits per heavy atom. The van der Waals surface area contributed by atoms with Gasteiger partial charge in [0, 0.05) is 11.6 Å². The molecule has 3 aromatic carbocycles. The lowest BCUT2D eigenvalue weighted by Gasteiger charge is -2.08. The lowest BCUT2D eigenvalue weighted by molar-refractivity contribution is -0.597. The van der Waals surface area contributed by atoms with E-state index in [4.69, 9.17) is 13.0 Å². The Balaban J connectivity index is 0.000000371. The van der Waals surface area contributed by atoms with Crippen LogP contribution in [0.25, 0.3) is 10.2 Å². The molecule has 0 aliphatic rings. The Morgan fingerprint density at radius 1 is 0.971 bits per heavy atom. The summed E-state index contributed by atoms with van der Waals surface area (Å²) in [6.45, 7) is 4.15. The molecule has 0 saturated heterocycles. The van der Waals surface area contributed by atoms with Crippen LogP contribution < -0.4 is 26.5 Å². The van der Waals surface area contributed by atoms with Crippen molar-refractivity contribution >= 4 is 42.7 Å². The predicted molar refractivity (Wildman–Crippen MR) is 123 cm³/mol. The minimum atomic E-state index is -6.09. The van der Waals surface area contributed by atoms with Crippen LogP contribution in [0.1, 0.15) is 21.5 Å². The standard InChI is InChI=1S/C22H17IN2OS.CHF3O3S/c1-14-6-9-17(10-7-14)23-18-5-3-4-16(13-18)21(26)25-22-24-19-11-8-15(2)12-20(19)27-22;2-1(3,4)8(5,6)7/h3-13H,1-2H3;(H,5,6,7). The number of carbonyl (C=O) groups is 1. The van der Waals surface area contributed by atoms with Gasteiger partial charge < -0.3 is 4.55 Å². The first-order chi connectivity index (χ1) is 16.3. The lowest BCUT2D eigenvalue weighted by Crippen LogP contribution is -3.61. The molecule has 0 aliphatic carbocycles. The summed E-state index contributed by atoms with van der Waals surface area (Å²) >= 11 is 1.21. The number of benzene rings is 3. The zero-order chi connectivity index (χ0) is 25.8. The van der Waals surface area contributed by atoms with Crippen molar-refractivity contribution in [1.82, 2.24) is 4.98 Å². The quantitative estimate of drug-likeness (QED) is 0.211. The molecular formula is C23H18F3IN2O4S2. The van der Waals surface area contributed by atoms with Gasteiger partial charge in [-0.05, 0) is 55.8 Å². The number of thiazole rings is 1. The van der Waals surface area contributed by atoms with E-state index in [1.165, 1.54) is 29.6 Å². The molecule has 0 bridgehead atoms. The van der Waals surface area contributed by atoms with Gasteiger partial charge in [-0.1, -0.05) is 41.2 Å². The van der Waals surface area contributed by atoms with Crippen molar-refractivity contribution in [2.45, 2.75) is 19.4 Å². The fourth-order valence-corrected chi connectivity index (χ4v) is 5.94. The Morgan fingerprint density at radius 3 is 2.23 bits per heavy atom.